The summed E-state index contributed by atoms with van der Waals surface area (Å²) in [5.74, 6) is 0. The number of nitrogens with zero attached hydrogens (tertiary/aromatic N) is 1. The van der Waals surface area contributed by atoms with Gasteiger partial charge in [0.05, 0.1) is 0 Å². The van der Waals surface area contributed by atoms with Crippen molar-refractivity contribution in [2.24, 2.45) is 0 Å². The van der Waals surface area contributed by atoms with Crippen LogP contribution in [-0.2, 0) is 0 Å². The SMILES string of the molecule is CN1CCCC1[Si](Br)(Br)Br. The van der Waals surface area contributed by atoms with E-state index in [9.17, 15) is 0 Å². The molecule has 0 radical (unpaired) electrons. The summed E-state index contributed by atoms with van der Waals surface area (Å²) in [5.41, 5.74) is 0.701. The quantitative estimate of drug-likeness (QED) is 0.518. The van der Waals surface area contributed by atoms with Crippen LogP contribution < -0.4 is 0 Å². The van der Waals surface area contributed by atoms with E-state index in [4.69, 9.17) is 0 Å². The van der Waals surface area contributed by atoms with Crippen LogP contribution in [0.4, 0.5) is 0 Å². The summed E-state index contributed by atoms with van der Waals surface area (Å²) in [7, 11) is 2.18. The number of hydrogen-bond donors (Lipinski definition) is 0. The minimum Gasteiger partial charge on any atom is -0.304 e. The zero-order chi connectivity index (χ0) is 7.78. The van der Waals surface area contributed by atoms with Gasteiger partial charge in [0.25, 0.3) is 3.93 Å². The van der Waals surface area contributed by atoms with Crippen molar-refractivity contribution in [3.63, 3.8) is 0 Å². The van der Waals surface area contributed by atoms with Crippen LogP contribution in [0.5, 0.6) is 0 Å². The standard InChI is InChI=1S/C5H10Br3NSi/c1-9-4-2-3-5(9)10(6,7)8/h5H,2-4H2,1H3. The van der Waals surface area contributed by atoms with Crippen LogP contribution in [0.1, 0.15) is 12.8 Å². The van der Waals surface area contributed by atoms with Crippen LogP contribution in [0.15, 0.2) is 0 Å². The highest BCUT2D eigenvalue weighted by Crippen LogP contribution is 2.38. The van der Waals surface area contributed by atoms with Gasteiger partial charge in [-0.25, -0.2) is 0 Å². The molecule has 1 aliphatic rings. The van der Waals surface area contributed by atoms with Crippen LogP contribution >= 0.6 is 45.9 Å². The smallest absolute Gasteiger partial charge is 0.283 e. The van der Waals surface area contributed by atoms with E-state index in [1.807, 2.05) is 0 Å². The predicted molar refractivity (Wildman–Crippen MR) is 58.2 cm³/mol. The van der Waals surface area contributed by atoms with Crippen LogP contribution in [0.25, 0.3) is 0 Å². The molecule has 1 unspecified atom stereocenters. The molecule has 0 N–H and O–H groups in total. The molecule has 0 aliphatic carbocycles. The second-order valence-electron chi connectivity index (χ2n) is 2.68. The van der Waals surface area contributed by atoms with Crippen molar-refractivity contribution in [2.45, 2.75) is 18.5 Å². The molecule has 0 saturated carbocycles. The summed E-state index contributed by atoms with van der Waals surface area (Å²) in [6.45, 7) is 1.24. The molecule has 0 amide bonds. The van der Waals surface area contributed by atoms with Gasteiger partial charge in [-0.1, -0.05) is 45.9 Å². The first-order valence-electron chi connectivity index (χ1n) is 3.29. The highest BCUT2D eigenvalue weighted by atomic mass is 80.0. The van der Waals surface area contributed by atoms with Crippen molar-refractivity contribution in [2.75, 3.05) is 13.6 Å². The Bertz CT molecular complexity index is 125. The maximum atomic E-state index is 3.68. The van der Waals surface area contributed by atoms with Crippen LogP contribution in [0.3, 0.4) is 0 Å². The van der Waals surface area contributed by atoms with E-state index in [0.29, 0.717) is 5.67 Å². The number of halogens is 3. The summed E-state index contributed by atoms with van der Waals surface area (Å²) in [4.78, 5) is 2.41. The molecule has 0 bridgehead atoms. The molecular weight excluding hydrogens is 342 g/mol. The molecule has 1 rings (SSSR count). The second-order valence-corrected chi connectivity index (χ2v) is 25.3. The van der Waals surface area contributed by atoms with E-state index < -0.39 is 3.93 Å². The average molecular weight is 352 g/mol. The third-order valence-electron chi connectivity index (χ3n) is 1.90. The van der Waals surface area contributed by atoms with Gasteiger partial charge in [-0.2, -0.15) is 0 Å². The molecule has 1 heterocycles. The molecule has 10 heavy (non-hydrogen) atoms. The highest BCUT2D eigenvalue weighted by Gasteiger charge is 2.39. The Morgan fingerprint density at radius 2 is 2.00 bits per heavy atom. The van der Waals surface area contributed by atoms with Gasteiger partial charge >= 0.3 is 0 Å². The van der Waals surface area contributed by atoms with Gasteiger partial charge in [-0.3, -0.25) is 0 Å². The minimum absolute atomic E-state index is 0.701. The molecule has 0 spiro atoms. The van der Waals surface area contributed by atoms with Crippen molar-refractivity contribution < 1.29 is 0 Å². The lowest BCUT2D eigenvalue weighted by Crippen LogP contribution is -2.39. The fraction of sp³-hybridized carbons (Fsp3) is 1.00. The third-order valence-corrected chi connectivity index (χ3v) is 8.14. The zero-order valence-corrected chi connectivity index (χ0v) is 11.5. The van der Waals surface area contributed by atoms with E-state index in [1.165, 1.54) is 19.4 Å². The van der Waals surface area contributed by atoms with Crippen LogP contribution in [-0.4, -0.2) is 28.1 Å². The summed E-state index contributed by atoms with van der Waals surface area (Å²) in [6, 6.07) is 0. The Morgan fingerprint density at radius 3 is 2.20 bits per heavy atom. The Morgan fingerprint density at radius 1 is 1.40 bits per heavy atom. The van der Waals surface area contributed by atoms with Crippen molar-refractivity contribution >= 4 is 49.8 Å². The fourth-order valence-electron chi connectivity index (χ4n) is 1.32. The first kappa shape index (κ1) is 9.70. The maximum absolute atomic E-state index is 3.68. The fourth-order valence-corrected chi connectivity index (χ4v) is 7.69. The Kier molecular flexibility index (Phi) is 3.45. The lowest BCUT2D eigenvalue weighted by atomic mass is 10.4. The molecule has 5 heteroatoms. The van der Waals surface area contributed by atoms with Crippen molar-refractivity contribution in [1.82, 2.24) is 4.90 Å². The topological polar surface area (TPSA) is 3.24 Å². The van der Waals surface area contributed by atoms with E-state index in [1.54, 1.807) is 0 Å². The van der Waals surface area contributed by atoms with Gasteiger partial charge in [0.2, 0.25) is 0 Å². The van der Waals surface area contributed by atoms with Crippen molar-refractivity contribution in [3.05, 3.63) is 0 Å². The maximum Gasteiger partial charge on any atom is 0.283 e. The summed E-state index contributed by atoms with van der Waals surface area (Å²) < 4.78 is -1.42. The number of likely N-dealkylation sites (tertiary alicyclic amines) is 1. The van der Waals surface area contributed by atoms with E-state index in [2.05, 4.69) is 57.8 Å². The van der Waals surface area contributed by atoms with E-state index in [0.717, 1.165) is 0 Å². The Balaban J connectivity index is 2.55. The normalized spacial score (nSPS) is 29.4. The molecule has 1 fully saturated rings. The predicted octanol–water partition coefficient (Wildman–Crippen LogP) is 2.74. The Hall–Kier alpha value is 1.62. The average Bonchev–Trinajstić information content (AvgIpc) is 2.11. The molecule has 1 saturated heterocycles. The largest absolute Gasteiger partial charge is 0.304 e. The first-order valence-corrected chi connectivity index (χ1v) is 12.1. The van der Waals surface area contributed by atoms with E-state index in [-0.39, 0.29) is 0 Å². The third kappa shape index (κ3) is 2.30. The van der Waals surface area contributed by atoms with Gasteiger partial charge in [0, 0.05) is 5.67 Å². The lowest BCUT2D eigenvalue weighted by molar-refractivity contribution is 0.383. The first-order chi connectivity index (χ1) is 4.52. The molecule has 1 nitrogen and oxygen atoms in total. The molecule has 1 aliphatic heterocycles. The number of hydrogen-bond acceptors (Lipinski definition) is 1. The molecule has 1 atom stereocenters. The molecule has 0 aromatic heterocycles. The zero-order valence-electron chi connectivity index (χ0n) is 5.78. The Labute approximate surface area is 86.3 Å². The van der Waals surface area contributed by atoms with Gasteiger partial charge in [-0.05, 0) is 26.4 Å². The minimum atomic E-state index is -1.42. The van der Waals surface area contributed by atoms with E-state index >= 15 is 0 Å². The highest BCUT2D eigenvalue weighted by molar-refractivity contribution is 9.72. The molecule has 0 aromatic rings. The lowest BCUT2D eigenvalue weighted by Gasteiger charge is -2.25. The summed E-state index contributed by atoms with van der Waals surface area (Å²) in [6.07, 6.45) is 2.64. The molecular formula is C5H10Br3NSi. The van der Waals surface area contributed by atoms with Crippen LogP contribution in [0, 0.1) is 0 Å². The van der Waals surface area contributed by atoms with Gasteiger partial charge in [-0.15, -0.1) is 0 Å². The van der Waals surface area contributed by atoms with Gasteiger partial charge < -0.3 is 4.90 Å². The van der Waals surface area contributed by atoms with Gasteiger partial charge in [0.1, 0.15) is 0 Å². The summed E-state index contributed by atoms with van der Waals surface area (Å²) in [5, 5.41) is 0. The number of rotatable bonds is 1. The second kappa shape index (κ2) is 3.56. The monoisotopic (exact) mass is 349 g/mol. The van der Waals surface area contributed by atoms with Gasteiger partial charge in [0.15, 0.2) is 0 Å². The van der Waals surface area contributed by atoms with Crippen molar-refractivity contribution in [1.29, 1.82) is 0 Å². The van der Waals surface area contributed by atoms with Crippen molar-refractivity contribution in [3.8, 4) is 0 Å². The van der Waals surface area contributed by atoms with Crippen LogP contribution in [0.2, 0.25) is 0 Å². The summed E-state index contributed by atoms with van der Waals surface area (Å²) >= 11 is 11.0. The molecule has 0 aromatic carbocycles. The molecule has 60 valence electrons.